The molecule has 0 aliphatic heterocycles. The first-order valence-corrected chi connectivity index (χ1v) is 8.83. The van der Waals surface area contributed by atoms with Crippen molar-refractivity contribution in [2.45, 2.75) is 0 Å². The Hall–Kier alpha value is -3.65. The fourth-order valence-electron chi connectivity index (χ4n) is 2.30. The van der Waals surface area contributed by atoms with Crippen LogP contribution in [0.1, 0.15) is 16.2 Å². The zero-order valence-electron chi connectivity index (χ0n) is 15.6. The molecular formula is C20H16ClN5O3. The van der Waals surface area contributed by atoms with Gasteiger partial charge < -0.3 is 9.64 Å². The maximum absolute atomic E-state index is 12.7. The van der Waals surface area contributed by atoms with Gasteiger partial charge in [0.1, 0.15) is 5.69 Å². The van der Waals surface area contributed by atoms with Crippen LogP contribution >= 0.6 is 11.6 Å². The summed E-state index contributed by atoms with van der Waals surface area (Å²) in [5.74, 6) is -0.432. The highest BCUT2D eigenvalue weighted by atomic mass is 35.5. The fraction of sp³-hybridized carbons (Fsp3) is 0.100. The van der Waals surface area contributed by atoms with Crippen molar-refractivity contribution < 1.29 is 14.3 Å². The standard InChI is InChI=1S/C20H16ClN5O3/c1-26(2)20(28)29-17-4-3-10-22-16(17)12-23-19(27)18-15(9-11-24-25-18)13-5-7-14(21)8-6-13/h3-12H,1-2H3/b23-12-. The first-order chi connectivity index (χ1) is 14.0. The summed E-state index contributed by atoms with van der Waals surface area (Å²) in [7, 11) is 3.12. The highest BCUT2D eigenvalue weighted by Gasteiger charge is 2.15. The van der Waals surface area contributed by atoms with E-state index in [1.807, 2.05) is 0 Å². The molecule has 0 fully saturated rings. The Kier molecular flexibility index (Phi) is 6.25. The molecule has 9 heteroatoms. The Bertz CT molecular complexity index is 1070. The SMILES string of the molecule is CN(C)C(=O)Oc1cccnc1/C=N\C(=O)c1nnccc1-c1ccc(Cl)cc1. The van der Waals surface area contributed by atoms with Crippen LogP contribution in [0.4, 0.5) is 4.79 Å². The van der Waals surface area contributed by atoms with E-state index in [-0.39, 0.29) is 17.1 Å². The van der Waals surface area contributed by atoms with Gasteiger partial charge in [-0.15, -0.1) is 5.10 Å². The molecule has 2 amide bonds. The van der Waals surface area contributed by atoms with E-state index in [0.717, 1.165) is 5.56 Å². The molecule has 1 aromatic carbocycles. The molecule has 2 aromatic heterocycles. The third-order valence-electron chi connectivity index (χ3n) is 3.74. The number of carbonyl (C=O) groups is 2. The first-order valence-electron chi connectivity index (χ1n) is 8.46. The van der Waals surface area contributed by atoms with Gasteiger partial charge in [0.2, 0.25) is 0 Å². The Morgan fingerprint density at radius 2 is 1.86 bits per heavy atom. The topological polar surface area (TPSA) is 97.6 Å². The summed E-state index contributed by atoms with van der Waals surface area (Å²) < 4.78 is 5.23. The van der Waals surface area contributed by atoms with Gasteiger partial charge in [-0.3, -0.25) is 9.78 Å². The second-order valence-electron chi connectivity index (χ2n) is 6.01. The minimum Gasteiger partial charge on any atom is -0.408 e. The minimum atomic E-state index is -0.612. The number of halogens is 1. The van der Waals surface area contributed by atoms with Gasteiger partial charge in [-0.1, -0.05) is 23.7 Å². The molecule has 29 heavy (non-hydrogen) atoms. The van der Waals surface area contributed by atoms with Crippen LogP contribution in [0, 0.1) is 0 Å². The summed E-state index contributed by atoms with van der Waals surface area (Å²) in [6.07, 6.45) is 3.64. The number of carbonyl (C=O) groups excluding carboxylic acids is 2. The Balaban J connectivity index is 1.88. The van der Waals surface area contributed by atoms with Crippen LogP contribution < -0.4 is 4.74 Å². The first kappa shape index (κ1) is 20.1. The molecule has 3 rings (SSSR count). The molecule has 3 aromatic rings. The molecular weight excluding hydrogens is 394 g/mol. The molecule has 0 aliphatic carbocycles. The average molecular weight is 410 g/mol. The molecule has 8 nitrogen and oxygen atoms in total. The lowest BCUT2D eigenvalue weighted by Gasteiger charge is -2.11. The lowest BCUT2D eigenvalue weighted by atomic mass is 10.0. The number of rotatable bonds is 4. The molecule has 0 spiro atoms. The number of nitrogens with zero attached hydrogens (tertiary/aromatic N) is 5. The molecule has 0 atom stereocenters. The monoisotopic (exact) mass is 409 g/mol. The maximum atomic E-state index is 12.7. The van der Waals surface area contributed by atoms with Gasteiger partial charge >= 0.3 is 6.09 Å². The van der Waals surface area contributed by atoms with E-state index in [1.165, 1.54) is 23.5 Å². The molecule has 0 saturated heterocycles. The average Bonchev–Trinajstić information content (AvgIpc) is 2.73. The van der Waals surface area contributed by atoms with Crippen molar-refractivity contribution in [2.75, 3.05) is 14.1 Å². The van der Waals surface area contributed by atoms with E-state index < -0.39 is 12.0 Å². The van der Waals surface area contributed by atoms with E-state index in [0.29, 0.717) is 10.6 Å². The molecule has 0 saturated carbocycles. The van der Waals surface area contributed by atoms with Gasteiger partial charge in [0, 0.05) is 30.9 Å². The summed E-state index contributed by atoms with van der Waals surface area (Å²) >= 11 is 5.93. The number of benzene rings is 1. The highest BCUT2D eigenvalue weighted by molar-refractivity contribution is 6.30. The van der Waals surface area contributed by atoms with Crippen LogP contribution in [0.15, 0.2) is 59.9 Å². The molecule has 0 aliphatic rings. The summed E-state index contributed by atoms with van der Waals surface area (Å²) in [6, 6.07) is 11.8. The minimum absolute atomic E-state index is 0.0776. The number of aromatic nitrogens is 3. The summed E-state index contributed by atoms with van der Waals surface area (Å²) in [4.78, 5) is 33.7. The van der Waals surface area contributed by atoms with E-state index in [2.05, 4.69) is 20.2 Å². The summed E-state index contributed by atoms with van der Waals surface area (Å²) in [5.41, 5.74) is 1.63. The predicted octanol–water partition coefficient (Wildman–Crippen LogP) is 3.51. The normalized spacial score (nSPS) is 10.7. The largest absolute Gasteiger partial charge is 0.414 e. The van der Waals surface area contributed by atoms with Crippen molar-refractivity contribution >= 4 is 29.8 Å². The Morgan fingerprint density at radius 1 is 1.10 bits per heavy atom. The fourth-order valence-corrected chi connectivity index (χ4v) is 2.43. The van der Waals surface area contributed by atoms with Gasteiger partial charge in [0.05, 0.1) is 12.4 Å². The lowest BCUT2D eigenvalue weighted by Crippen LogP contribution is -2.25. The number of hydrogen-bond donors (Lipinski definition) is 0. The van der Waals surface area contributed by atoms with E-state index in [4.69, 9.17) is 16.3 Å². The highest BCUT2D eigenvalue weighted by Crippen LogP contribution is 2.24. The van der Waals surface area contributed by atoms with Crippen LogP contribution in [0.25, 0.3) is 11.1 Å². The van der Waals surface area contributed by atoms with Gasteiger partial charge in [-0.05, 0) is 35.9 Å². The van der Waals surface area contributed by atoms with E-state index >= 15 is 0 Å². The number of aliphatic imine (C=N–C) groups is 1. The molecule has 0 bridgehead atoms. The van der Waals surface area contributed by atoms with E-state index in [1.54, 1.807) is 56.6 Å². The maximum Gasteiger partial charge on any atom is 0.414 e. The zero-order valence-corrected chi connectivity index (χ0v) is 16.4. The van der Waals surface area contributed by atoms with Crippen molar-refractivity contribution in [1.82, 2.24) is 20.1 Å². The van der Waals surface area contributed by atoms with Crippen LogP contribution in [0.5, 0.6) is 5.75 Å². The third kappa shape index (κ3) is 4.99. The quantitative estimate of drug-likeness (QED) is 0.611. The summed E-state index contributed by atoms with van der Waals surface area (Å²) in [6.45, 7) is 0. The van der Waals surface area contributed by atoms with Crippen molar-refractivity contribution in [1.29, 1.82) is 0 Å². The molecule has 0 radical (unpaired) electrons. The number of hydrogen-bond acceptors (Lipinski definition) is 6. The van der Waals surface area contributed by atoms with Gasteiger partial charge in [-0.25, -0.2) is 9.79 Å². The van der Waals surface area contributed by atoms with Crippen LogP contribution in [-0.4, -0.2) is 52.4 Å². The predicted molar refractivity (Wildman–Crippen MR) is 108 cm³/mol. The number of amides is 2. The molecule has 0 N–H and O–H groups in total. The second kappa shape index (κ2) is 9.03. The van der Waals surface area contributed by atoms with Crippen molar-refractivity contribution in [3.8, 4) is 16.9 Å². The zero-order chi connectivity index (χ0) is 20.8. The lowest BCUT2D eigenvalue weighted by molar-refractivity contribution is 0.0998. The van der Waals surface area contributed by atoms with Crippen LogP contribution in [-0.2, 0) is 0 Å². The van der Waals surface area contributed by atoms with Gasteiger partial charge in [-0.2, -0.15) is 5.10 Å². The van der Waals surface area contributed by atoms with Gasteiger partial charge in [0.25, 0.3) is 5.91 Å². The van der Waals surface area contributed by atoms with E-state index in [9.17, 15) is 9.59 Å². The number of ether oxygens (including phenoxy) is 1. The van der Waals surface area contributed by atoms with Crippen molar-refractivity contribution in [3.05, 3.63) is 71.3 Å². The smallest absolute Gasteiger partial charge is 0.408 e. The Morgan fingerprint density at radius 3 is 2.59 bits per heavy atom. The summed E-state index contributed by atoms with van der Waals surface area (Å²) in [5, 5.41) is 8.28. The van der Waals surface area contributed by atoms with Gasteiger partial charge in [0.15, 0.2) is 11.4 Å². The van der Waals surface area contributed by atoms with Crippen molar-refractivity contribution in [2.24, 2.45) is 4.99 Å². The molecule has 0 unspecified atom stereocenters. The van der Waals surface area contributed by atoms with Crippen molar-refractivity contribution in [3.63, 3.8) is 0 Å². The Labute approximate surface area is 171 Å². The molecule has 146 valence electrons. The number of pyridine rings is 1. The molecule has 2 heterocycles. The van der Waals surface area contributed by atoms with Crippen LogP contribution in [0.2, 0.25) is 5.02 Å². The third-order valence-corrected chi connectivity index (χ3v) is 4.00. The second-order valence-corrected chi connectivity index (χ2v) is 6.45. The van der Waals surface area contributed by atoms with Crippen LogP contribution in [0.3, 0.4) is 0 Å².